The number of nitro benzene ring substituents is 1. The van der Waals surface area contributed by atoms with E-state index in [4.69, 9.17) is 4.74 Å². The second kappa shape index (κ2) is 7.58. The molecule has 0 bridgehead atoms. The fourth-order valence-corrected chi connectivity index (χ4v) is 3.12. The van der Waals surface area contributed by atoms with Gasteiger partial charge in [0.1, 0.15) is 11.3 Å². The second-order valence-electron chi connectivity index (χ2n) is 6.25. The average molecular weight is 397 g/mol. The summed E-state index contributed by atoms with van der Waals surface area (Å²) in [6.45, 7) is 1.76. The van der Waals surface area contributed by atoms with Gasteiger partial charge in [-0.25, -0.2) is 4.79 Å². The Kier molecular flexibility index (Phi) is 5.18. The minimum atomic E-state index is -1.25. The molecule has 1 saturated heterocycles. The predicted octanol–water partition coefficient (Wildman–Crippen LogP) is 1.87. The molecule has 0 spiro atoms. The van der Waals surface area contributed by atoms with Gasteiger partial charge < -0.3 is 15.2 Å². The predicted molar refractivity (Wildman–Crippen MR) is 100 cm³/mol. The molecule has 1 aliphatic heterocycles. The number of imide groups is 1. The average Bonchev–Trinajstić information content (AvgIpc) is 2.98. The molecule has 2 aromatic carbocycles. The molecule has 0 radical (unpaired) electrons. The van der Waals surface area contributed by atoms with Crippen LogP contribution >= 0.6 is 0 Å². The third kappa shape index (κ3) is 3.35. The molecule has 1 N–H and O–H groups in total. The van der Waals surface area contributed by atoms with E-state index >= 15 is 0 Å². The lowest BCUT2D eigenvalue weighted by Gasteiger charge is -2.24. The lowest BCUT2D eigenvalue weighted by atomic mass is 9.87. The maximum absolute atomic E-state index is 13.0. The Bertz CT molecular complexity index is 1010. The van der Waals surface area contributed by atoms with E-state index in [0.29, 0.717) is 17.0 Å². The molecule has 3 amide bonds. The lowest BCUT2D eigenvalue weighted by molar-refractivity contribution is -0.398. The Hall–Kier alpha value is -3.95. The molecule has 0 unspecified atom stereocenters. The summed E-state index contributed by atoms with van der Waals surface area (Å²) in [5.41, 5.74) is -1.21. The molecule has 1 aliphatic rings. The van der Waals surface area contributed by atoms with Crippen LogP contribution in [0.1, 0.15) is 24.5 Å². The van der Waals surface area contributed by atoms with E-state index in [0.717, 1.165) is 12.3 Å². The molecule has 1 atom stereocenters. The molecular weight excluding hydrogens is 380 g/mol. The highest BCUT2D eigenvalue weighted by Gasteiger charge is 2.51. The standard InChI is InChI=1S/C19H18N4O6/c1-3-19(13-7-5-4-6-8-13)17(25)22(18(26)21-19)20-11-12-9-14(23(27)28)16(24)15(10-12)29-2/h4-11,24H,3H2,1-2H3,(H,21,26)/p-1/b20-11-/t19-/m0/s1. The van der Waals surface area contributed by atoms with Crippen molar-refractivity contribution in [1.82, 2.24) is 10.3 Å². The topological polar surface area (TPSA) is 137 Å². The first kappa shape index (κ1) is 19.8. The van der Waals surface area contributed by atoms with Gasteiger partial charge in [0.25, 0.3) is 11.6 Å². The van der Waals surface area contributed by atoms with Gasteiger partial charge in [-0.15, -0.1) is 5.01 Å². The van der Waals surface area contributed by atoms with Gasteiger partial charge in [-0.3, -0.25) is 14.9 Å². The van der Waals surface area contributed by atoms with E-state index in [1.807, 2.05) is 0 Å². The number of hydrazone groups is 1. The Morgan fingerprint density at radius 3 is 2.55 bits per heavy atom. The highest BCUT2D eigenvalue weighted by Crippen LogP contribution is 2.35. The molecule has 0 aliphatic carbocycles. The molecule has 1 fully saturated rings. The Labute approximate surface area is 165 Å². The normalized spacial score (nSPS) is 18.9. The number of rotatable bonds is 6. The van der Waals surface area contributed by atoms with Crippen LogP contribution in [0.15, 0.2) is 47.6 Å². The molecular formula is C19H17N4O6-. The van der Waals surface area contributed by atoms with Gasteiger partial charge in [0.15, 0.2) is 0 Å². The van der Waals surface area contributed by atoms with Gasteiger partial charge in [-0.2, -0.15) is 5.10 Å². The van der Waals surface area contributed by atoms with Crippen molar-refractivity contribution in [3.63, 3.8) is 0 Å². The van der Waals surface area contributed by atoms with Crippen molar-refractivity contribution in [2.24, 2.45) is 5.10 Å². The first-order valence-electron chi connectivity index (χ1n) is 8.63. The van der Waals surface area contributed by atoms with Gasteiger partial charge >= 0.3 is 6.03 Å². The number of carbonyl (C=O) groups excluding carboxylic acids is 2. The highest BCUT2D eigenvalue weighted by atomic mass is 16.6. The smallest absolute Gasteiger partial charge is 0.346 e. The third-order valence-corrected chi connectivity index (χ3v) is 4.66. The van der Waals surface area contributed by atoms with Crippen molar-refractivity contribution in [2.75, 3.05) is 7.11 Å². The minimum absolute atomic E-state index is 0.127. The first-order chi connectivity index (χ1) is 13.8. The molecule has 0 saturated carbocycles. The number of benzene rings is 2. The van der Waals surface area contributed by atoms with Crippen LogP contribution < -0.4 is 15.2 Å². The molecule has 150 valence electrons. The van der Waals surface area contributed by atoms with Crippen LogP contribution in [0.2, 0.25) is 0 Å². The van der Waals surface area contributed by atoms with Gasteiger partial charge in [0.2, 0.25) is 0 Å². The van der Waals surface area contributed by atoms with Gasteiger partial charge in [-0.1, -0.05) is 37.3 Å². The zero-order valence-corrected chi connectivity index (χ0v) is 15.6. The summed E-state index contributed by atoms with van der Waals surface area (Å²) in [5, 5.41) is 30.2. The van der Waals surface area contributed by atoms with Crippen LogP contribution in [-0.4, -0.2) is 35.2 Å². The molecule has 3 rings (SSSR count). The molecule has 0 aromatic heterocycles. The van der Waals surface area contributed by atoms with Crippen LogP contribution in [0.4, 0.5) is 10.5 Å². The summed E-state index contributed by atoms with van der Waals surface area (Å²) in [6, 6.07) is 10.3. The maximum Gasteiger partial charge on any atom is 0.346 e. The SMILES string of the molecule is CC[C@@]1(c2ccccc2)NC(=O)N(/N=C\c2cc(OC)c([O-])c([N+](=O)[O-])c2)C1=O. The lowest BCUT2D eigenvalue weighted by Crippen LogP contribution is -2.43. The number of amides is 3. The van der Waals surface area contributed by atoms with Crippen LogP contribution in [0.25, 0.3) is 0 Å². The monoisotopic (exact) mass is 397 g/mol. The fraction of sp³-hybridized carbons (Fsp3) is 0.211. The summed E-state index contributed by atoms with van der Waals surface area (Å²) in [7, 11) is 1.20. The Morgan fingerprint density at radius 1 is 1.28 bits per heavy atom. The molecule has 10 nitrogen and oxygen atoms in total. The summed E-state index contributed by atoms with van der Waals surface area (Å²) in [5.74, 6) is -1.70. The number of carbonyl (C=O) groups is 2. The summed E-state index contributed by atoms with van der Waals surface area (Å²) in [6.07, 6.45) is 1.39. The van der Waals surface area contributed by atoms with Gasteiger partial charge in [-0.05, 0) is 18.1 Å². The van der Waals surface area contributed by atoms with Gasteiger partial charge in [0.05, 0.1) is 18.2 Å². The van der Waals surface area contributed by atoms with E-state index in [9.17, 15) is 24.8 Å². The van der Waals surface area contributed by atoms with Crippen LogP contribution in [0.5, 0.6) is 11.5 Å². The van der Waals surface area contributed by atoms with E-state index in [2.05, 4.69) is 10.4 Å². The fourth-order valence-electron chi connectivity index (χ4n) is 3.12. The van der Waals surface area contributed by atoms with Crippen molar-refractivity contribution in [3.8, 4) is 11.5 Å². The van der Waals surface area contributed by atoms with Crippen molar-refractivity contribution in [3.05, 3.63) is 63.7 Å². The number of ether oxygens (including phenoxy) is 1. The number of nitrogens with zero attached hydrogens (tertiary/aromatic N) is 3. The zero-order valence-electron chi connectivity index (χ0n) is 15.6. The Balaban J connectivity index is 1.96. The van der Waals surface area contributed by atoms with E-state index in [-0.39, 0.29) is 11.3 Å². The highest BCUT2D eigenvalue weighted by molar-refractivity contribution is 6.07. The van der Waals surface area contributed by atoms with Crippen LogP contribution in [-0.2, 0) is 10.3 Å². The van der Waals surface area contributed by atoms with Gasteiger partial charge in [0, 0.05) is 17.4 Å². The molecule has 2 aromatic rings. The maximum atomic E-state index is 13.0. The van der Waals surface area contributed by atoms with Crippen molar-refractivity contribution in [2.45, 2.75) is 18.9 Å². The number of nitrogens with one attached hydrogen (secondary N) is 1. The number of nitro groups is 1. The van der Waals surface area contributed by atoms with Crippen LogP contribution in [0.3, 0.4) is 0 Å². The molecule has 10 heteroatoms. The summed E-state index contributed by atoms with van der Waals surface area (Å²) in [4.78, 5) is 35.6. The zero-order chi connectivity index (χ0) is 21.2. The minimum Gasteiger partial charge on any atom is -0.865 e. The molecule has 29 heavy (non-hydrogen) atoms. The Morgan fingerprint density at radius 2 is 1.97 bits per heavy atom. The van der Waals surface area contributed by atoms with Crippen LogP contribution in [0, 0.1) is 10.1 Å². The number of hydrogen-bond acceptors (Lipinski definition) is 7. The summed E-state index contributed by atoms with van der Waals surface area (Å²) >= 11 is 0. The van der Waals surface area contributed by atoms with E-state index < -0.39 is 33.8 Å². The quantitative estimate of drug-likeness (QED) is 0.342. The number of methoxy groups -OCH3 is 1. The largest absolute Gasteiger partial charge is 0.865 e. The van der Waals surface area contributed by atoms with E-state index in [1.165, 1.54) is 13.2 Å². The van der Waals surface area contributed by atoms with Crippen molar-refractivity contribution >= 4 is 23.8 Å². The van der Waals surface area contributed by atoms with Crippen molar-refractivity contribution in [1.29, 1.82) is 0 Å². The number of urea groups is 1. The molecule has 1 heterocycles. The second-order valence-corrected chi connectivity index (χ2v) is 6.25. The third-order valence-electron chi connectivity index (χ3n) is 4.66. The number of hydrogen-bond donors (Lipinski definition) is 1. The van der Waals surface area contributed by atoms with E-state index in [1.54, 1.807) is 37.3 Å². The summed E-state index contributed by atoms with van der Waals surface area (Å²) < 4.78 is 4.86. The van der Waals surface area contributed by atoms with Crippen molar-refractivity contribution < 1.29 is 24.4 Å². The first-order valence-corrected chi connectivity index (χ1v) is 8.63.